The van der Waals surface area contributed by atoms with Crippen molar-refractivity contribution >= 4 is 11.7 Å². The van der Waals surface area contributed by atoms with Gasteiger partial charge in [-0.2, -0.15) is 18.2 Å². The van der Waals surface area contributed by atoms with Gasteiger partial charge in [0.25, 0.3) is 5.91 Å². The molecule has 204 valence electrons. The van der Waals surface area contributed by atoms with Crippen molar-refractivity contribution in [3.63, 3.8) is 0 Å². The summed E-state index contributed by atoms with van der Waals surface area (Å²) in [7, 11) is 0. The third-order valence-corrected chi connectivity index (χ3v) is 6.79. The molecule has 1 aliphatic carbocycles. The smallest absolute Gasteiger partial charge is 0.416 e. The number of ether oxygens (including phenoxy) is 2. The number of nitrogens with zero attached hydrogens (tertiary/aromatic N) is 3. The van der Waals surface area contributed by atoms with Crippen molar-refractivity contribution in [2.45, 2.75) is 50.9 Å². The van der Waals surface area contributed by atoms with Gasteiger partial charge in [0.1, 0.15) is 17.2 Å². The average molecular weight is 541 g/mol. The predicted octanol–water partition coefficient (Wildman–Crippen LogP) is 5.15. The maximum Gasteiger partial charge on any atom is 0.416 e. The fourth-order valence-corrected chi connectivity index (χ4v) is 4.75. The minimum Gasteiger partial charge on any atom is -0.466 e. The Morgan fingerprint density at radius 1 is 1.03 bits per heavy atom. The molecule has 1 amide bonds. The third-order valence-electron chi connectivity index (χ3n) is 6.79. The number of alkyl halides is 3. The van der Waals surface area contributed by atoms with Gasteiger partial charge in [0.15, 0.2) is 17.7 Å². The first-order chi connectivity index (χ1) is 18.7. The first-order valence-electron chi connectivity index (χ1n) is 12.7. The fraction of sp³-hybridized carbons (Fsp3) is 0.357. The quantitative estimate of drug-likeness (QED) is 0.421. The number of rotatable bonds is 8. The molecule has 0 bridgehead atoms. The van der Waals surface area contributed by atoms with E-state index < -0.39 is 23.8 Å². The van der Waals surface area contributed by atoms with E-state index in [2.05, 4.69) is 14.9 Å². The minimum atomic E-state index is -4.45. The Bertz CT molecular complexity index is 1370. The van der Waals surface area contributed by atoms with Gasteiger partial charge in [0, 0.05) is 30.2 Å². The van der Waals surface area contributed by atoms with E-state index in [1.807, 2.05) is 0 Å². The van der Waals surface area contributed by atoms with E-state index in [9.17, 15) is 22.8 Å². The van der Waals surface area contributed by atoms with Gasteiger partial charge in [0.05, 0.1) is 5.56 Å². The number of halogens is 3. The van der Waals surface area contributed by atoms with Crippen LogP contribution in [0.15, 0.2) is 48.5 Å². The average Bonchev–Trinajstić information content (AvgIpc) is 3.56. The summed E-state index contributed by atoms with van der Waals surface area (Å²) in [5, 5.41) is 0. The van der Waals surface area contributed by atoms with E-state index in [1.165, 1.54) is 12.1 Å². The van der Waals surface area contributed by atoms with Crippen LogP contribution in [0.25, 0.3) is 11.4 Å². The maximum atomic E-state index is 13.4. The second-order valence-electron chi connectivity index (χ2n) is 9.67. The van der Waals surface area contributed by atoms with Gasteiger partial charge in [-0.15, -0.1) is 0 Å². The molecule has 11 heteroatoms. The maximum absolute atomic E-state index is 13.4. The van der Waals surface area contributed by atoms with Crippen molar-refractivity contribution in [2.75, 3.05) is 13.1 Å². The summed E-state index contributed by atoms with van der Waals surface area (Å²) in [5.74, 6) is 0.193. The van der Waals surface area contributed by atoms with Gasteiger partial charge in [-0.25, -0.2) is 4.98 Å². The molecule has 2 heterocycles. The number of carbonyl (C=O) groups excluding carboxylic acids is 2. The molecule has 8 nitrogen and oxygen atoms in total. The monoisotopic (exact) mass is 540 g/mol. The van der Waals surface area contributed by atoms with Crippen LogP contribution in [0.3, 0.4) is 0 Å². The van der Waals surface area contributed by atoms with Crippen LogP contribution < -0.4 is 15.2 Å². The van der Waals surface area contributed by atoms with Gasteiger partial charge in [-0.1, -0.05) is 0 Å². The van der Waals surface area contributed by atoms with Crippen LogP contribution in [-0.2, 0) is 17.5 Å². The van der Waals surface area contributed by atoms with Gasteiger partial charge in [-0.05, 0) is 81.2 Å². The first kappa shape index (κ1) is 26.6. The van der Waals surface area contributed by atoms with Crippen molar-refractivity contribution in [2.24, 2.45) is 5.73 Å². The zero-order valence-electron chi connectivity index (χ0n) is 21.0. The molecule has 1 aliphatic heterocycles. The molecule has 1 atom stereocenters. The highest BCUT2D eigenvalue weighted by Crippen LogP contribution is 2.35. The molecule has 0 radical (unpaired) electrons. The largest absolute Gasteiger partial charge is 0.466 e. The van der Waals surface area contributed by atoms with Gasteiger partial charge in [0.2, 0.25) is 5.88 Å². The Labute approximate surface area is 222 Å². The Morgan fingerprint density at radius 3 is 2.41 bits per heavy atom. The Hall–Kier alpha value is -3.99. The van der Waals surface area contributed by atoms with Crippen molar-refractivity contribution in [3.8, 4) is 28.8 Å². The number of likely N-dealkylation sites (tertiary alicyclic amines) is 1. The summed E-state index contributed by atoms with van der Waals surface area (Å²) >= 11 is 0. The summed E-state index contributed by atoms with van der Waals surface area (Å²) in [4.78, 5) is 34.5. The fourth-order valence-electron chi connectivity index (χ4n) is 4.75. The highest BCUT2D eigenvalue weighted by molar-refractivity contribution is 5.91. The van der Waals surface area contributed by atoms with Crippen LogP contribution in [0.4, 0.5) is 13.2 Å². The van der Waals surface area contributed by atoms with Crippen LogP contribution in [0, 0.1) is 0 Å². The van der Waals surface area contributed by atoms with Crippen molar-refractivity contribution in [3.05, 3.63) is 65.4 Å². The van der Waals surface area contributed by atoms with E-state index in [1.54, 1.807) is 24.3 Å². The highest BCUT2D eigenvalue weighted by atomic mass is 19.4. The number of benzene rings is 2. The van der Waals surface area contributed by atoms with Gasteiger partial charge < -0.3 is 15.2 Å². The third kappa shape index (κ3) is 6.36. The number of aromatic nitrogens is 2. The van der Waals surface area contributed by atoms with E-state index in [0.717, 1.165) is 44.5 Å². The van der Waals surface area contributed by atoms with E-state index >= 15 is 0 Å². The summed E-state index contributed by atoms with van der Waals surface area (Å²) in [5.41, 5.74) is 5.64. The second kappa shape index (κ2) is 11.0. The second-order valence-corrected chi connectivity index (χ2v) is 9.67. The molecule has 2 N–H and O–H groups in total. The minimum absolute atomic E-state index is 0.0235. The zero-order valence-corrected chi connectivity index (χ0v) is 21.0. The number of hydrogen-bond acceptors (Lipinski definition) is 7. The molecule has 1 saturated carbocycles. The lowest BCUT2D eigenvalue weighted by Crippen LogP contribution is -2.22. The molecule has 2 aromatic carbocycles. The van der Waals surface area contributed by atoms with Crippen molar-refractivity contribution < 1.29 is 32.2 Å². The van der Waals surface area contributed by atoms with E-state index in [0.29, 0.717) is 42.0 Å². The topological polar surface area (TPSA) is 108 Å². The van der Waals surface area contributed by atoms with E-state index in [4.69, 9.17) is 15.2 Å². The Morgan fingerprint density at radius 2 is 1.77 bits per heavy atom. The van der Waals surface area contributed by atoms with Crippen LogP contribution in [-0.4, -0.2) is 45.8 Å². The lowest BCUT2D eigenvalue weighted by Gasteiger charge is -2.19. The van der Waals surface area contributed by atoms with Crippen LogP contribution in [0.2, 0.25) is 0 Å². The standard InChI is InChI=1S/C28H27F3N4O4/c29-28(30,31)19-8-11-23(18(14-19)16-35-12-1-2-13-35)38-20-9-6-17(7-10-20)27-33-21(26(32)37)15-25(34-27)39-24-5-3-4-22(24)36/h6-11,14-15,24H,1-5,12-13,16H2,(H2,32,37)/t24-/m0/s1. The number of amides is 1. The normalized spacial score (nSPS) is 17.9. The molecular formula is C28H27F3N4O4. The number of Topliss-reactive ketones (excluding diaryl/α,β-unsaturated/α-hetero) is 1. The molecule has 39 heavy (non-hydrogen) atoms. The summed E-state index contributed by atoms with van der Waals surface area (Å²) in [6, 6.07) is 11.4. The van der Waals surface area contributed by atoms with E-state index in [-0.39, 0.29) is 23.2 Å². The lowest BCUT2D eigenvalue weighted by molar-refractivity contribution is -0.137. The Kier molecular flexibility index (Phi) is 7.51. The number of ketones is 1. The highest BCUT2D eigenvalue weighted by Gasteiger charge is 2.32. The molecule has 1 aromatic heterocycles. The number of nitrogens with two attached hydrogens (primary N) is 1. The molecule has 3 aromatic rings. The molecule has 2 fully saturated rings. The van der Waals surface area contributed by atoms with Crippen LogP contribution in [0.5, 0.6) is 17.4 Å². The molecule has 2 aliphatic rings. The molecular weight excluding hydrogens is 513 g/mol. The Balaban J connectivity index is 1.38. The molecule has 0 spiro atoms. The predicted molar refractivity (Wildman–Crippen MR) is 135 cm³/mol. The van der Waals surface area contributed by atoms with Crippen LogP contribution in [0.1, 0.15) is 53.7 Å². The van der Waals surface area contributed by atoms with Gasteiger partial charge in [-0.3, -0.25) is 14.5 Å². The van der Waals surface area contributed by atoms with Gasteiger partial charge >= 0.3 is 6.18 Å². The number of carbonyl (C=O) groups is 2. The molecule has 0 unspecified atom stereocenters. The summed E-state index contributed by atoms with van der Waals surface area (Å²) in [6.45, 7) is 2.02. The number of primary amides is 1. The first-order valence-corrected chi connectivity index (χ1v) is 12.7. The number of hydrogen-bond donors (Lipinski definition) is 1. The molecule has 5 rings (SSSR count). The summed E-state index contributed by atoms with van der Waals surface area (Å²) in [6.07, 6.45) is -1.32. The molecule has 1 saturated heterocycles. The van der Waals surface area contributed by atoms with Crippen LogP contribution >= 0.6 is 0 Å². The van der Waals surface area contributed by atoms with Crippen molar-refractivity contribution in [1.82, 2.24) is 14.9 Å². The zero-order chi connectivity index (χ0) is 27.6. The summed E-state index contributed by atoms with van der Waals surface area (Å²) < 4.78 is 51.8. The SMILES string of the molecule is NC(=O)c1cc(O[C@H]2CCCC2=O)nc(-c2ccc(Oc3ccc(C(F)(F)F)cc3CN3CCCC3)cc2)n1. The lowest BCUT2D eigenvalue weighted by atomic mass is 10.1. The van der Waals surface area contributed by atoms with Crippen molar-refractivity contribution in [1.29, 1.82) is 0 Å².